The Morgan fingerprint density at radius 3 is 1.32 bits per heavy atom. The molecule has 0 aliphatic heterocycles. The van der Waals surface area contributed by atoms with Gasteiger partial charge in [-0.1, -0.05) is 190 Å². The van der Waals surface area contributed by atoms with Crippen molar-refractivity contribution in [2.75, 3.05) is 13.2 Å². The maximum atomic E-state index is 12.8. The van der Waals surface area contributed by atoms with Crippen LogP contribution in [-0.4, -0.2) is 98.3 Å². The van der Waals surface area contributed by atoms with E-state index in [-0.39, 0.29) is 12.8 Å². The molecule has 1 saturated carbocycles. The number of aliphatic hydroxyl groups excluding tert-OH is 5. The Hall–Kier alpha value is -2.45. The smallest absolute Gasteiger partial charge is 0.462 e. The molecule has 0 aromatic carbocycles. The minimum Gasteiger partial charge on any atom is -0.462 e. The first-order valence-electron chi connectivity index (χ1n) is 25.1. The number of carbonyl (C=O) groups is 2. The van der Waals surface area contributed by atoms with Crippen molar-refractivity contribution in [3.63, 3.8) is 0 Å². The second kappa shape index (κ2) is 40.6. The van der Waals surface area contributed by atoms with Crippen LogP contribution in [0, 0.1) is 0 Å². The van der Waals surface area contributed by atoms with Gasteiger partial charge in [0.1, 0.15) is 43.2 Å². The van der Waals surface area contributed by atoms with Crippen molar-refractivity contribution in [1.82, 2.24) is 0 Å². The Bertz CT molecular complexity index is 1370. The van der Waals surface area contributed by atoms with Gasteiger partial charge in [-0.05, 0) is 51.4 Å². The monoisotopic (exact) mass is 941 g/mol. The number of unbranched alkanes of at least 4 members (excludes halogenated alkanes) is 19. The number of hydrogen-bond donors (Lipinski definition) is 6. The topological polar surface area (TPSA) is 210 Å². The highest BCUT2D eigenvalue weighted by molar-refractivity contribution is 7.47. The van der Waals surface area contributed by atoms with Crippen molar-refractivity contribution in [3.8, 4) is 0 Å². The molecule has 6 unspecified atom stereocenters. The molecule has 0 amide bonds. The summed E-state index contributed by atoms with van der Waals surface area (Å²) in [6, 6.07) is 0. The summed E-state index contributed by atoms with van der Waals surface area (Å²) in [6.45, 7) is 3.16. The molecule has 6 N–H and O–H groups in total. The number of esters is 2. The molecular formula is C51H89O13P. The van der Waals surface area contributed by atoms with Crippen LogP contribution in [0.25, 0.3) is 0 Å². The number of phosphoric ester groups is 1. The highest BCUT2D eigenvalue weighted by Crippen LogP contribution is 2.47. The fraction of sp³-hybridized carbons (Fsp3) is 0.765. The molecule has 376 valence electrons. The lowest BCUT2D eigenvalue weighted by Crippen LogP contribution is -2.64. The maximum absolute atomic E-state index is 12.8. The number of hydrogen-bond acceptors (Lipinski definition) is 12. The van der Waals surface area contributed by atoms with Crippen molar-refractivity contribution in [1.29, 1.82) is 0 Å². The predicted molar refractivity (Wildman–Crippen MR) is 258 cm³/mol. The van der Waals surface area contributed by atoms with Gasteiger partial charge in [0.2, 0.25) is 0 Å². The van der Waals surface area contributed by atoms with E-state index in [0.717, 1.165) is 51.4 Å². The minimum atomic E-state index is -5.14. The van der Waals surface area contributed by atoms with Crippen molar-refractivity contribution in [2.24, 2.45) is 0 Å². The van der Waals surface area contributed by atoms with E-state index in [4.69, 9.17) is 18.5 Å². The first-order chi connectivity index (χ1) is 31.4. The number of allylic oxidation sites excluding steroid dienone is 10. The largest absolute Gasteiger partial charge is 0.472 e. The minimum absolute atomic E-state index is 0.0178. The predicted octanol–water partition coefficient (Wildman–Crippen LogP) is 10.5. The molecular weight excluding hydrogens is 852 g/mol. The van der Waals surface area contributed by atoms with Gasteiger partial charge in [-0.15, -0.1) is 0 Å². The molecule has 65 heavy (non-hydrogen) atoms. The van der Waals surface area contributed by atoms with Crippen LogP contribution >= 0.6 is 7.82 Å². The first kappa shape index (κ1) is 60.6. The molecule has 0 bridgehead atoms. The third-order valence-corrected chi connectivity index (χ3v) is 12.4. The Labute approximate surface area is 392 Å². The van der Waals surface area contributed by atoms with Crippen LogP contribution in [-0.2, 0) is 32.7 Å². The third-order valence-electron chi connectivity index (χ3n) is 11.4. The highest BCUT2D eigenvalue weighted by Gasteiger charge is 2.51. The lowest BCUT2D eigenvalue weighted by molar-refractivity contribution is -0.220. The Kier molecular flexibility index (Phi) is 37.8. The average Bonchev–Trinajstić information content (AvgIpc) is 3.29. The SMILES string of the molecule is CC/C=C\C/C=C\C/C=C\C/C=C\C/C=C\CCCC(=O)O[C@H](COC(=O)CCCCCCCCCCCCCCCCCCCCC)COP(=O)(O)OC1C(O)C(O)C(O)[C@@H](O)C1O. The number of carbonyl (C=O) groups excluding carboxylic acids is 2. The summed E-state index contributed by atoms with van der Waals surface area (Å²) >= 11 is 0. The number of ether oxygens (including phenoxy) is 2. The quantitative estimate of drug-likeness (QED) is 0.0146. The normalized spacial score (nSPS) is 21.9. The zero-order valence-electron chi connectivity index (χ0n) is 40.0. The van der Waals surface area contributed by atoms with Crippen molar-refractivity contribution in [3.05, 3.63) is 60.8 Å². The maximum Gasteiger partial charge on any atom is 0.472 e. The van der Waals surface area contributed by atoms with E-state index >= 15 is 0 Å². The number of rotatable bonds is 41. The van der Waals surface area contributed by atoms with Gasteiger partial charge in [0, 0.05) is 12.8 Å². The van der Waals surface area contributed by atoms with Crippen LogP contribution < -0.4 is 0 Å². The van der Waals surface area contributed by atoms with Crippen LogP contribution in [0.1, 0.15) is 194 Å². The van der Waals surface area contributed by atoms with E-state index in [1.165, 1.54) is 96.3 Å². The second-order valence-corrected chi connectivity index (χ2v) is 18.7. The molecule has 1 aliphatic carbocycles. The summed E-state index contributed by atoms with van der Waals surface area (Å²) in [4.78, 5) is 35.8. The van der Waals surface area contributed by atoms with E-state index in [9.17, 15) is 44.6 Å². The van der Waals surface area contributed by atoms with Gasteiger partial charge in [-0.25, -0.2) is 4.57 Å². The van der Waals surface area contributed by atoms with Crippen LogP contribution in [0.15, 0.2) is 60.8 Å². The summed E-state index contributed by atoms with van der Waals surface area (Å²) in [5.41, 5.74) is 0. The summed E-state index contributed by atoms with van der Waals surface area (Å²) in [7, 11) is -5.14. The van der Waals surface area contributed by atoms with Crippen molar-refractivity contribution in [2.45, 2.75) is 236 Å². The molecule has 1 aliphatic rings. The van der Waals surface area contributed by atoms with Crippen LogP contribution in [0.4, 0.5) is 0 Å². The molecule has 0 aromatic heterocycles. The molecule has 0 saturated heterocycles. The van der Waals surface area contributed by atoms with Gasteiger partial charge in [0.25, 0.3) is 0 Å². The zero-order valence-corrected chi connectivity index (χ0v) is 40.9. The fourth-order valence-corrected chi connectivity index (χ4v) is 8.36. The molecule has 1 rings (SSSR count). The van der Waals surface area contributed by atoms with Crippen LogP contribution in [0.5, 0.6) is 0 Å². The molecule has 14 heteroatoms. The highest BCUT2D eigenvalue weighted by atomic mass is 31.2. The molecule has 0 heterocycles. The summed E-state index contributed by atoms with van der Waals surface area (Å²) in [5.74, 6) is -1.16. The molecule has 13 nitrogen and oxygen atoms in total. The van der Waals surface area contributed by atoms with Gasteiger partial charge in [0.05, 0.1) is 6.61 Å². The standard InChI is InChI=1S/C51H89O13P/c1-3-5-7-9-11-13-15-17-19-21-22-24-25-27-29-31-33-35-37-39-44(52)61-41-43(42-62-65(59,60)64-51-49(57)47(55)46(54)48(56)50(51)58)63-45(53)40-38-36-34-32-30-28-26-23-20-18-16-14-12-10-8-6-4-2/h6,8,12,14,18,20,26,28,32,34,43,46-51,54-58H,3-5,7,9-11,13,15-17,19,21-25,27,29-31,33,35-42H2,1-2H3,(H,59,60)/b8-6-,14-12-,20-18-,28-26-,34-32-/t43-,46?,47-,48?,49?,50?,51?/m1/s1. The van der Waals surface area contributed by atoms with Gasteiger partial charge < -0.3 is 39.9 Å². The lowest BCUT2D eigenvalue weighted by atomic mass is 9.85. The molecule has 0 spiro atoms. The molecule has 8 atom stereocenters. The van der Waals surface area contributed by atoms with Gasteiger partial charge in [0.15, 0.2) is 6.10 Å². The van der Waals surface area contributed by atoms with E-state index in [1.54, 1.807) is 0 Å². The number of aliphatic hydroxyl groups is 5. The Balaban J connectivity index is 2.44. The van der Waals surface area contributed by atoms with Crippen LogP contribution in [0.3, 0.4) is 0 Å². The zero-order chi connectivity index (χ0) is 47.8. The van der Waals surface area contributed by atoms with Crippen molar-refractivity contribution < 1.29 is 63.1 Å². The lowest BCUT2D eigenvalue weighted by Gasteiger charge is -2.41. The Morgan fingerprint density at radius 1 is 0.492 bits per heavy atom. The summed E-state index contributed by atoms with van der Waals surface area (Å²) in [5, 5.41) is 50.2. The van der Waals surface area contributed by atoms with E-state index < -0.39 is 75.7 Å². The second-order valence-electron chi connectivity index (χ2n) is 17.3. The van der Waals surface area contributed by atoms with Gasteiger partial charge in [-0.3, -0.25) is 18.6 Å². The van der Waals surface area contributed by atoms with Gasteiger partial charge >= 0.3 is 19.8 Å². The fourth-order valence-electron chi connectivity index (χ4n) is 7.38. The van der Waals surface area contributed by atoms with Crippen LogP contribution in [0.2, 0.25) is 0 Å². The molecule has 0 radical (unpaired) electrons. The van der Waals surface area contributed by atoms with E-state index in [0.29, 0.717) is 19.3 Å². The van der Waals surface area contributed by atoms with Crippen molar-refractivity contribution >= 4 is 19.8 Å². The van der Waals surface area contributed by atoms with E-state index in [1.807, 2.05) is 12.2 Å². The van der Waals surface area contributed by atoms with Gasteiger partial charge in [-0.2, -0.15) is 0 Å². The summed E-state index contributed by atoms with van der Waals surface area (Å²) in [6.07, 6.45) is 37.1. The first-order valence-corrected chi connectivity index (χ1v) is 26.6. The molecule has 1 fully saturated rings. The Morgan fingerprint density at radius 2 is 0.877 bits per heavy atom. The third kappa shape index (κ3) is 32.8. The summed E-state index contributed by atoms with van der Waals surface area (Å²) < 4.78 is 33.5. The average molecular weight is 941 g/mol. The number of phosphoric acid groups is 1. The van der Waals surface area contributed by atoms with E-state index in [2.05, 4.69) is 62.5 Å². The molecule has 0 aromatic rings.